The maximum atomic E-state index is 14.2. The number of carbonyl (C=O) groups is 3. The van der Waals surface area contributed by atoms with Crippen LogP contribution in [0.4, 0.5) is 10.5 Å². The van der Waals surface area contributed by atoms with Crippen molar-refractivity contribution in [2.45, 2.75) is 18.0 Å². The van der Waals surface area contributed by atoms with Gasteiger partial charge in [-0.05, 0) is 35.9 Å². The minimum absolute atomic E-state index is 0.0512. The van der Waals surface area contributed by atoms with Gasteiger partial charge in [0.05, 0.1) is 22.9 Å². The van der Waals surface area contributed by atoms with Crippen molar-refractivity contribution in [3.8, 4) is 6.07 Å². The predicted octanol–water partition coefficient (Wildman–Crippen LogP) is 4.46. The van der Waals surface area contributed by atoms with E-state index in [0.717, 1.165) is 15.3 Å². The fourth-order valence-corrected chi connectivity index (χ4v) is 6.47. The van der Waals surface area contributed by atoms with E-state index in [2.05, 4.69) is 11.1 Å². The van der Waals surface area contributed by atoms with Crippen LogP contribution in [0.2, 0.25) is 10.3 Å². The van der Waals surface area contributed by atoms with Crippen LogP contribution in [0.3, 0.4) is 0 Å². The quantitative estimate of drug-likeness (QED) is 0.364. The van der Waals surface area contributed by atoms with Crippen LogP contribution in [0.1, 0.15) is 32.3 Å². The first-order valence-electron chi connectivity index (χ1n) is 11.1. The molecule has 0 bridgehead atoms. The van der Waals surface area contributed by atoms with E-state index in [4.69, 9.17) is 23.2 Å². The summed E-state index contributed by atoms with van der Waals surface area (Å²) in [7, 11) is 1.60. The number of carbonyl (C=O) groups excluding carboxylic acids is 2. The molecular formula is C25H19Cl2N5O4S. The van der Waals surface area contributed by atoms with Gasteiger partial charge >= 0.3 is 12.0 Å². The highest BCUT2D eigenvalue weighted by atomic mass is 35.5. The number of hydrogen-bond donors (Lipinski definition) is 1. The summed E-state index contributed by atoms with van der Waals surface area (Å²) in [5.74, 6) is -1.84. The molecule has 1 aromatic carbocycles. The number of thiophene rings is 1. The summed E-state index contributed by atoms with van der Waals surface area (Å²) in [6, 6.07) is 13.0. The maximum absolute atomic E-state index is 14.2. The number of aromatic nitrogens is 1. The number of imide groups is 1. The number of pyridine rings is 1. The number of rotatable bonds is 5. The number of likely N-dealkylation sites (tertiary alicyclic amines) is 1. The Morgan fingerprint density at radius 1 is 1.22 bits per heavy atom. The summed E-state index contributed by atoms with van der Waals surface area (Å²) in [5, 5.41) is 20.2. The highest BCUT2D eigenvalue weighted by Crippen LogP contribution is 2.47. The molecule has 2 aliphatic heterocycles. The van der Waals surface area contributed by atoms with Gasteiger partial charge in [-0.1, -0.05) is 35.3 Å². The molecule has 37 heavy (non-hydrogen) atoms. The lowest BCUT2D eigenvalue weighted by Crippen LogP contribution is -2.53. The lowest BCUT2D eigenvalue weighted by Gasteiger charge is -2.34. The van der Waals surface area contributed by atoms with Gasteiger partial charge in [-0.25, -0.2) is 19.5 Å². The van der Waals surface area contributed by atoms with E-state index in [1.807, 2.05) is 4.90 Å². The molecule has 0 saturated carbocycles. The van der Waals surface area contributed by atoms with Gasteiger partial charge in [0, 0.05) is 42.9 Å². The van der Waals surface area contributed by atoms with Crippen LogP contribution >= 0.6 is 34.5 Å². The van der Waals surface area contributed by atoms with Crippen LogP contribution in [0.15, 0.2) is 47.8 Å². The molecule has 1 N–H and O–H groups in total. The lowest BCUT2D eigenvalue weighted by atomic mass is 9.80. The molecule has 4 heterocycles. The van der Waals surface area contributed by atoms with Gasteiger partial charge in [0.25, 0.3) is 5.91 Å². The molecule has 5 rings (SSSR count). The Kier molecular flexibility index (Phi) is 6.41. The molecule has 2 fully saturated rings. The van der Waals surface area contributed by atoms with Crippen LogP contribution in [0.25, 0.3) is 0 Å². The van der Waals surface area contributed by atoms with Crippen LogP contribution < -0.4 is 4.90 Å². The van der Waals surface area contributed by atoms with E-state index in [0.29, 0.717) is 18.7 Å². The lowest BCUT2D eigenvalue weighted by molar-refractivity contribution is -0.124. The van der Waals surface area contributed by atoms with Crippen LogP contribution in [-0.4, -0.2) is 63.5 Å². The zero-order chi connectivity index (χ0) is 26.5. The molecule has 2 atom stereocenters. The summed E-state index contributed by atoms with van der Waals surface area (Å²) in [6.45, 7) is 1.07. The van der Waals surface area contributed by atoms with E-state index >= 15 is 0 Å². The first kappa shape index (κ1) is 25.2. The van der Waals surface area contributed by atoms with Crippen LogP contribution in [-0.2, 0) is 11.3 Å². The van der Waals surface area contributed by atoms with Crippen molar-refractivity contribution < 1.29 is 19.5 Å². The number of carboxylic acid groups (broad SMARTS) is 1. The molecule has 3 amide bonds. The third-order valence-corrected chi connectivity index (χ3v) is 8.17. The normalized spacial score (nSPS) is 21.7. The van der Waals surface area contributed by atoms with Gasteiger partial charge < -0.3 is 10.0 Å². The van der Waals surface area contributed by atoms with Gasteiger partial charge in [-0.3, -0.25) is 9.69 Å². The second-order valence-electron chi connectivity index (χ2n) is 8.94. The Morgan fingerprint density at radius 3 is 2.49 bits per heavy atom. The highest BCUT2D eigenvalue weighted by Gasteiger charge is 2.64. The van der Waals surface area contributed by atoms with Crippen molar-refractivity contribution in [3.05, 3.63) is 79.7 Å². The monoisotopic (exact) mass is 555 g/mol. The third-order valence-electron chi connectivity index (χ3n) is 6.86. The maximum Gasteiger partial charge on any atom is 0.336 e. The Morgan fingerprint density at radius 2 is 1.89 bits per heavy atom. The van der Waals surface area contributed by atoms with Crippen LogP contribution in [0.5, 0.6) is 0 Å². The second kappa shape index (κ2) is 9.43. The standard InChI is InChI=1S/C25H19Cl2N5O4S/c1-30-24(36)32(17-7-20(26)29-21(27)8-17)23(35)25(30)13-31(10-18-6-16(12-37-18)22(33)34)11-19(25)15-4-2-14(9-28)3-5-15/h2-8,12,19H,10-11,13H2,1H3,(H,33,34)/t19-,25-/m1/s1. The number of anilines is 1. The summed E-state index contributed by atoms with van der Waals surface area (Å²) in [6.07, 6.45) is 0. The van der Waals surface area contributed by atoms with E-state index in [-0.39, 0.29) is 28.1 Å². The average molecular weight is 556 g/mol. The minimum atomic E-state index is -1.25. The molecule has 188 valence electrons. The highest BCUT2D eigenvalue weighted by molar-refractivity contribution is 7.10. The molecule has 0 radical (unpaired) electrons. The number of amides is 3. The van der Waals surface area contributed by atoms with Crippen molar-refractivity contribution in [2.24, 2.45) is 0 Å². The van der Waals surface area contributed by atoms with Crippen molar-refractivity contribution >= 4 is 58.1 Å². The summed E-state index contributed by atoms with van der Waals surface area (Å²) >= 11 is 13.5. The van der Waals surface area contributed by atoms with Crippen molar-refractivity contribution in [3.63, 3.8) is 0 Å². The zero-order valence-corrected chi connectivity index (χ0v) is 21.7. The zero-order valence-electron chi connectivity index (χ0n) is 19.4. The average Bonchev–Trinajstić information content (AvgIpc) is 3.53. The molecule has 3 aromatic rings. The molecule has 0 unspecified atom stereocenters. The number of hydrogen-bond acceptors (Lipinski definition) is 7. The number of likely N-dealkylation sites (N-methyl/N-ethyl adjacent to an activating group) is 1. The summed E-state index contributed by atoms with van der Waals surface area (Å²) in [4.78, 5) is 48.3. The molecule has 2 aliphatic rings. The molecule has 2 saturated heterocycles. The van der Waals surface area contributed by atoms with Crippen molar-refractivity contribution in [1.29, 1.82) is 5.26 Å². The van der Waals surface area contributed by atoms with Gasteiger partial charge in [0.15, 0.2) is 0 Å². The van der Waals surface area contributed by atoms with E-state index < -0.39 is 29.4 Å². The Balaban J connectivity index is 1.56. The van der Waals surface area contributed by atoms with Gasteiger partial charge in [-0.15, -0.1) is 11.3 Å². The Bertz CT molecular complexity index is 1450. The third kappa shape index (κ3) is 4.24. The van der Waals surface area contributed by atoms with Gasteiger partial charge in [0.1, 0.15) is 15.8 Å². The van der Waals surface area contributed by atoms with Crippen LogP contribution in [0, 0.1) is 11.3 Å². The second-order valence-corrected chi connectivity index (χ2v) is 10.7. The molecule has 12 heteroatoms. The summed E-state index contributed by atoms with van der Waals surface area (Å²) in [5.41, 5.74) is 0.474. The minimum Gasteiger partial charge on any atom is -0.478 e. The molecule has 9 nitrogen and oxygen atoms in total. The molecule has 0 aliphatic carbocycles. The smallest absolute Gasteiger partial charge is 0.336 e. The number of nitriles is 1. The first-order chi connectivity index (χ1) is 17.6. The first-order valence-corrected chi connectivity index (χ1v) is 12.8. The number of aromatic carboxylic acids is 1. The Hall–Kier alpha value is -3.49. The topological polar surface area (TPSA) is 118 Å². The number of carboxylic acids is 1. The number of benzene rings is 1. The van der Waals surface area contributed by atoms with E-state index in [9.17, 15) is 24.8 Å². The fourth-order valence-electron chi connectivity index (χ4n) is 5.12. The van der Waals surface area contributed by atoms with Gasteiger partial charge in [-0.2, -0.15) is 5.26 Å². The molecular weight excluding hydrogens is 537 g/mol. The van der Waals surface area contributed by atoms with Crippen molar-refractivity contribution in [1.82, 2.24) is 14.8 Å². The number of nitrogens with zero attached hydrogens (tertiary/aromatic N) is 5. The fraction of sp³-hybridized carbons (Fsp3) is 0.240. The number of urea groups is 1. The Labute approximate surface area is 226 Å². The molecule has 2 aromatic heterocycles. The largest absolute Gasteiger partial charge is 0.478 e. The van der Waals surface area contributed by atoms with Crippen molar-refractivity contribution in [2.75, 3.05) is 25.0 Å². The molecule has 1 spiro atoms. The van der Waals surface area contributed by atoms with E-state index in [1.54, 1.807) is 42.8 Å². The predicted molar refractivity (Wildman–Crippen MR) is 138 cm³/mol. The summed E-state index contributed by atoms with van der Waals surface area (Å²) < 4.78 is 0. The van der Waals surface area contributed by atoms with E-state index in [1.165, 1.54) is 28.4 Å². The SMILES string of the molecule is CN1C(=O)N(c2cc(Cl)nc(Cl)c2)C(=O)[C@]12CN(Cc1cc(C(=O)O)cs1)C[C@@H]2c1ccc(C#N)cc1. The van der Waals surface area contributed by atoms with Gasteiger partial charge in [0.2, 0.25) is 0 Å². The number of halogens is 2.